The summed E-state index contributed by atoms with van der Waals surface area (Å²) in [7, 11) is 0. The molecule has 6 nitrogen and oxygen atoms in total. The quantitative estimate of drug-likeness (QED) is 0.672. The second-order valence-electron chi connectivity index (χ2n) is 6.27. The minimum absolute atomic E-state index is 0.153. The van der Waals surface area contributed by atoms with Crippen molar-refractivity contribution in [2.75, 3.05) is 13.3 Å². The fourth-order valence-corrected chi connectivity index (χ4v) is 2.80. The van der Waals surface area contributed by atoms with Gasteiger partial charge in [-0.05, 0) is 35.8 Å². The van der Waals surface area contributed by atoms with Gasteiger partial charge in [-0.2, -0.15) is 0 Å². The Morgan fingerprint density at radius 2 is 1.82 bits per heavy atom. The second kappa shape index (κ2) is 8.35. The summed E-state index contributed by atoms with van der Waals surface area (Å²) in [4.78, 5) is 20.8. The number of nitrogens with one attached hydrogen (secondary N) is 1. The first-order chi connectivity index (χ1) is 13.8. The van der Waals surface area contributed by atoms with E-state index in [-0.39, 0.29) is 12.7 Å². The molecule has 0 fully saturated rings. The molecule has 0 radical (unpaired) electrons. The molecule has 6 heteroatoms. The van der Waals surface area contributed by atoms with Gasteiger partial charge in [0, 0.05) is 30.6 Å². The molecule has 140 valence electrons. The summed E-state index contributed by atoms with van der Waals surface area (Å²) < 4.78 is 10.6. The highest BCUT2D eigenvalue weighted by molar-refractivity contribution is 5.91. The molecule has 0 aliphatic carbocycles. The number of benzene rings is 2. The van der Waals surface area contributed by atoms with Crippen molar-refractivity contribution < 1.29 is 14.3 Å². The van der Waals surface area contributed by atoms with Crippen LogP contribution in [0.1, 0.15) is 11.1 Å². The normalized spacial score (nSPS) is 12.3. The van der Waals surface area contributed by atoms with E-state index in [4.69, 9.17) is 9.47 Å². The van der Waals surface area contributed by atoms with Gasteiger partial charge >= 0.3 is 0 Å². The van der Waals surface area contributed by atoms with E-state index in [0.29, 0.717) is 24.5 Å². The average molecular weight is 373 g/mol. The first-order valence-electron chi connectivity index (χ1n) is 9.00. The van der Waals surface area contributed by atoms with Crippen molar-refractivity contribution in [3.63, 3.8) is 0 Å². The van der Waals surface area contributed by atoms with Crippen molar-refractivity contribution in [3.8, 4) is 22.9 Å². The molecule has 28 heavy (non-hydrogen) atoms. The van der Waals surface area contributed by atoms with E-state index in [0.717, 1.165) is 22.4 Å². The van der Waals surface area contributed by atoms with Gasteiger partial charge in [0.2, 0.25) is 12.7 Å². The van der Waals surface area contributed by atoms with E-state index in [9.17, 15) is 4.79 Å². The smallest absolute Gasteiger partial charge is 0.244 e. The first-order valence-corrected chi connectivity index (χ1v) is 9.00. The molecule has 1 aliphatic heterocycles. The summed E-state index contributed by atoms with van der Waals surface area (Å²) >= 11 is 0. The molecule has 3 aromatic rings. The number of nitrogens with zero attached hydrogens (tertiary/aromatic N) is 2. The monoisotopic (exact) mass is 373 g/mol. The first kappa shape index (κ1) is 17.7. The zero-order valence-electron chi connectivity index (χ0n) is 15.2. The summed E-state index contributed by atoms with van der Waals surface area (Å²) in [5.74, 6) is 1.96. The maximum absolute atomic E-state index is 12.0. The molecule has 4 rings (SSSR count). The third-order valence-corrected chi connectivity index (χ3v) is 4.27. The van der Waals surface area contributed by atoms with E-state index in [1.807, 2.05) is 48.5 Å². The summed E-state index contributed by atoms with van der Waals surface area (Å²) in [5, 5.41) is 2.86. The third-order valence-electron chi connectivity index (χ3n) is 4.27. The Morgan fingerprint density at radius 3 is 2.64 bits per heavy atom. The van der Waals surface area contributed by atoms with Gasteiger partial charge in [0.15, 0.2) is 17.3 Å². The standard InChI is InChI=1S/C22H19N3O3/c26-21(9-7-16-6-8-19-20(12-16)28-15-27-19)23-11-10-17-13-24-22(25-14-17)18-4-2-1-3-5-18/h1-9,12-14H,10-11,15H2,(H,23,26). The van der Waals surface area contributed by atoms with Crippen LogP contribution in [0.4, 0.5) is 0 Å². The number of ether oxygens (including phenoxy) is 2. The predicted octanol–water partition coefficient (Wildman–Crippen LogP) is 3.24. The van der Waals surface area contributed by atoms with E-state index < -0.39 is 0 Å². The molecule has 2 heterocycles. The highest BCUT2D eigenvalue weighted by atomic mass is 16.7. The van der Waals surface area contributed by atoms with Crippen molar-refractivity contribution in [3.05, 3.63) is 78.1 Å². The van der Waals surface area contributed by atoms with Crippen LogP contribution in [-0.4, -0.2) is 29.2 Å². The summed E-state index contributed by atoms with van der Waals surface area (Å²) in [6.07, 6.45) is 7.51. The van der Waals surface area contributed by atoms with Crippen LogP contribution >= 0.6 is 0 Å². The number of carbonyl (C=O) groups excluding carboxylic acids is 1. The Hall–Kier alpha value is -3.67. The van der Waals surface area contributed by atoms with Crippen LogP contribution in [0, 0.1) is 0 Å². The molecule has 2 aromatic carbocycles. The van der Waals surface area contributed by atoms with E-state index in [1.54, 1.807) is 18.5 Å². The molecular formula is C22H19N3O3. The lowest BCUT2D eigenvalue weighted by Gasteiger charge is -2.04. The van der Waals surface area contributed by atoms with Gasteiger partial charge in [0.1, 0.15) is 0 Å². The summed E-state index contributed by atoms with van der Waals surface area (Å²) in [6.45, 7) is 0.747. The van der Waals surface area contributed by atoms with Crippen LogP contribution in [0.3, 0.4) is 0 Å². The number of hydrogen-bond donors (Lipinski definition) is 1. The zero-order valence-corrected chi connectivity index (χ0v) is 15.2. The predicted molar refractivity (Wildman–Crippen MR) is 106 cm³/mol. The Morgan fingerprint density at radius 1 is 1.04 bits per heavy atom. The van der Waals surface area contributed by atoms with E-state index in [1.165, 1.54) is 6.08 Å². The lowest BCUT2D eigenvalue weighted by atomic mass is 10.2. The molecule has 1 N–H and O–H groups in total. The van der Waals surface area contributed by atoms with Crippen LogP contribution in [0.2, 0.25) is 0 Å². The number of hydrogen-bond acceptors (Lipinski definition) is 5. The van der Waals surface area contributed by atoms with Crippen molar-refractivity contribution in [2.24, 2.45) is 0 Å². The van der Waals surface area contributed by atoms with Gasteiger partial charge in [-0.1, -0.05) is 36.4 Å². The average Bonchev–Trinajstić information content (AvgIpc) is 3.21. The number of amides is 1. The molecule has 1 amide bonds. The highest BCUT2D eigenvalue weighted by Crippen LogP contribution is 2.32. The number of rotatable bonds is 6. The largest absolute Gasteiger partial charge is 0.454 e. The van der Waals surface area contributed by atoms with Gasteiger partial charge in [0.25, 0.3) is 0 Å². The number of carbonyl (C=O) groups is 1. The Balaban J connectivity index is 1.26. The highest BCUT2D eigenvalue weighted by Gasteiger charge is 2.12. The minimum Gasteiger partial charge on any atom is -0.454 e. The van der Waals surface area contributed by atoms with Crippen molar-refractivity contribution in [2.45, 2.75) is 6.42 Å². The maximum Gasteiger partial charge on any atom is 0.244 e. The molecule has 1 aliphatic rings. The van der Waals surface area contributed by atoms with Crippen molar-refractivity contribution in [1.29, 1.82) is 0 Å². The molecule has 0 spiro atoms. The van der Waals surface area contributed by atoms with Crippen LogP contribution in [0.25, 0.3) is 17.5 Å². The molecule has 0 saturated carbocycles. The molecule has 1 aromatic heterocycles. The van der Waals surface area contributed by atoms with Crippen LogP contribution < -0.4 is 14.8 Å². The van der Waals surface area contributed by atoms with Crippen molar-refractivity contribution >= 4 is 12.0 Å². The number of fused-ring (bicyclic) bond motifs is 1. The molecule has 0 bridgehead atoms. The fourth-order valence-electron chi connectivity index (χ4n) is 2.80. The Bertz CT molecular complexity index is 986. The van der Waals surface area contributed by atoms with E-state index >= 15 is 0 Å². The number of aromatic nitrogens is 2. The van der Waals surface area contributed by atoms with Crippen LogP contribution in [0.15, 0.2) is 67.0 Å². The molecule has 0 unspecified atom stereocenters. The van der Waals surface area contributed by atoms with Gasteiger partial charge in [-0.25, -0.2) is 9.97 Å². The van der Waals surface area contributed by atoms with Crippen molar-refractivity contribution in [1.82, 2.24) is 15.3 Å². The van der Waals surface area contributed by atoms with Crippen LogP contribution in [-0.2, 0) is 11.2 Å². The second-order valence-corrected chi connectivity index (χ2v) is 6.27. The van der Waals surface area contributed by atoms with Gasteiger partial charge in [-0.15, -0.1) is 0 Å². The summed E-state index contributed by atoms with van der Waals surface area (Å²) in [5.41, 5.74) is 2.83. The van der Waals surface area contributed by atoms with E-state index in [2.05, 4.69) is 15.3 Å². The minimum atomic E-state index is -0.153. The van der Waals surface area contributed by atoms with Crippen LogP contribution in [0.5, 0.6) is 11.5 Å². The molecule has 0 atom stereocenters. The van der Waals surface area contributed by atoms with Gasteiger partial charge < -0.3 is 14.8 Å². The Labute approximate surface area is 162 Å². The maximum atomic E-state index is 12.0. The zero-order chi connectivity index (χ0) is 19.2. The molecule has 0 saturated heterocycles. The SMILES string of the molecule is O=C(C=Cc1ccc2c(c1)OCO2)NCCc1cnc(-c2ccccc2)nc1. The lowest BCUT2D eigenvalue weighted by Crippen LogP contribution is -2.23. The molecular weight excluding hydrogens is 354 g/mol. The van der Waals surface area contributed by atoms with Gasteiger partial charge in [-0.3, -0.25) is 4.79 Å². The van der Waals surface area contributed by atoms with Gasteiger partial charge in [0.05, 0.1) is 0 Å². The topological polar surface area (TPSA) is 73.3 Å². The fraction of sp³-hybridized carbons (Fsp3) is 0.136. The summed E-state index contributed by atoms with van der Waals surface area (Å²) in [6, 6.07) is 15.4. The Kier molecular flexibility index (Phi) is 5.29. The lowest BCUT2D eigenvalue weighted by molar-refractivity contribution is -0.116. The third kappa shape index (κ3) is 4.35.